The van der Waals surface area contributed by atoms with Crippen LogP contribution in [0.4, 0.5) is 0 Å². The predicted octanol–water partition coefficient (Wildman–Crippen LogP) is 2.04. The molecule has 0 radical (unpaired) electrons. The minimum Gasteiger partial charge on any atom is -0.481 e. The Morgan fingerprint density at radius 1 is 0.889 bits per heavy atom. The molecule has 0 bridgehead atoms. The lowest BCUT2D eigenvalue weighted by molar-refractivity contribution is -0.158. The molecule has 1 fully saturated rings. The first-order valence-electron chi connectivity index (χ1n) is 5.47. The quantitative estimate of drug-likeness (QED) is 0.864. The van der Waals surface area contributed by atoms with Crippen LogP contribution in [0.5, 0.6) is 0 Å². The third kappa shape index (κ3) is 1.63. The van der Waals surface area contributed by atoms with Crippen LogP contribution in [0.1, 0.15) is 0 Å². The molecule has 4 nitrogen and oxygen atoms in total. The number of carboxylic acids is 2. The Bertz CT molecular complexity index is 484. The van der Waals surface area contributed by atoms with E-state index in [1.165, 1.54) is 23.5 Å². The van der Waals surface area contributed by atoms with Gasteiger partial charge in [0, 0.05) is 20.3 Å². The van der Waals surface area contributed by atoms with E-state index >= 15 is 0 Å². The first-order valence-corrected chi connectivity index (χ1v) is 7.23. The molecule has 0 spiro atoms. The summed E-state index contributed by atoms with van der Waals surface area (Å²) >= 11 is 3.00. The molecule has 2 aliphatic rings. The Morgan fingerprint density at radius 2 is 1.28 bits per heavy atom. The van der Waals surface area contributed by atoms with Gasteiger partial charge in [0.15, 0.2) is 0 Å². The molecule has 94 valence electrons. The highest BCUT2D eigenvalue weighted by Crippen LogP contribution is 2.58. The van der Waals surface area contributed by atoms with Gasteiger partial charge in [-0.2, -0.15) is 0 Å². The zero-order valence-corrected chi connectivity index (χ0v) is 10.8. The molecule has 18 heavy (non-hydrogen) atoms. The van der Waals surface area contributed by atoms with Gasteiger partial charge in [-0.05, 0) is 12.1 Å². The molecule has 0 aromatic heterocycles. The second-order valence-electron chi connectivity index (χ2n) is 4.34. The molecule has 1 heterocycles. The standard InChI is InChI=1S/C12H10O4S2/c13-11(14)7-8(12(15)16)10-9(7)17-5-3-1-2-4-6(5)18-10/h1-4,7-10H,(H,13,14)(H,15,16)/t7-,8+,9+,10-. The van der Waals surface area contributed by atoms with Gasteiger partial charge in [-0.1, -0.05) is 12.1 Å². The maximum absolute atomic E-state index is 11.2. The number of aliphatic carboxylic acids is 2. The minimum absolute atomic E-state index is 0.136. The topological polar surface area (TPSA) is 74.6 Å². The molecule has 0 unspecified atom stereocenters. The van der Waals surface area contributed by atoms with E-state index in [1.54, 1.807) is 0 Å². The predicted molar refractivity (Wildman–Crippen MR) is 68.0 cm³/mol. The lowest BCUT2D eigenvalue weighted by atomic mass is 9.72. The highest BCUT2D eigenvalue weighted by molar-refractivity contribution is 8.06. The number of hydrogen-bond donors (Lipinski definition) is 2. The maximum atomic E-state index is 11.2. The summed E-state index contributed by atoms with van der Waals surface area (Å²) < 4.78 is 0. The summed E-state index contributed by atoms with van der Waals surface area (Å²) in [6.07, 6.45) is 0. The van der Waals surface area contributed by atoms with Crippen molar-refractivity contribution < 1.29 is 19.8 Å². The summed E-state index contributed by atoms with van der Waals surface area (Å²) in [5, 5.41) is 18.0. The number of hydrogen-bond acceptors (Lipinski definition) is 4. The molecule has 1 saturated carbocycles. The van der Waals surface area contributed by atoms with Gasteiger partial charge in [-0.3, -0.25) is 9.59 Å². The van der Waals surface area contributed by atoms with E-state index in [1.807, 2.05) is 24.3 Å². The fourth-order valence-electron chi connectivity index (χ4n) is 2.48. The van der Waals surface area contributed by atoms with Crippen molar-refractivity contribution in [2.45, 2.75) is 20.3 Å². The van der Waals surface area contributed by atoms with Gasteiger partial charge in [0.05, 0.1) is 11.8 Å². The van der Waals surface area contributed by atoms with Gasteiger partial charge in [0.2, 0.25) is 0 Å². The second kappa shape index (κ2) is 4.20. The highest BCUT2D eigenvalue weighted by Gasteiger charge is 2.60. The summed E-state index contributed by atoms with van der Waals surface area (Å²) in [6.45, 7) is 0. The summed E-state index contributed by atoms with van der Waals surface area (Å²) in [6, 6.07) is 7.73. The molecule has 1 aromatic carbocycles. The molecule has 0 amide bonds. The molecular formula is C12H10O4S2. The van der Waals surface area contributed by atoms with Crippen LogP contribution < -0.4 is 0 Å². The Balaban J connectivity index is 1.94. The smallest absolute Gasteiger partial charge is 0.308 e. The largest absolute Gasteiger partial charge is 0.481 e. The van der Waals surface area contributed by atoms with E-state index in [4.69, 9.17) is 10.2 Å². The van der Waals surface area contributed by atoms with E-state index in [0.29, 0.717) is 0 Å². The van der Waals surface area contributed by atoms with Gasteiger partial charge in [-0.25, -0.2) is 0 Å². The fraction of sp³-hybridized carbons (Fsp3) is 0.333. The van der Waals surface area contributed by atoms with Crippen molar-refractivity contribution in [2.24, 2.45) is 11.8 Å². The second-order valence-corrected chi connectivity index (χ2v) is 6.78. The van der Waals surface area contributed by atoms with Crippen molar-refractivity contribution in [3.05, 3.63) is 24.3 Å². The molecule has 6 heteroatoms. The Labute approximate surface area is 112 Å². The third-order valence-electron chi connectivity index (χ3n) is 3.36. The van der Waals surface area contributed by atoms with Crippen LogP contribution in [-0.4, -0.2) is 32.7 Å². The van der Waals surface area contributed by atoms with E-state index in [-0.39, 0.29) is 10.5 Å². The van der Waals surface area contributed by atoms with Crippen molar-refractivity contribution in [2.75, 3.05) is 0 Å². The third-order valence-corrected chi connectivity index (χ3v) is 6.60. The fourth-order valence-corrected chi connectivity index (χ4v) is 5.84. The van der Waals surface area contributed by atoms with E-state index in [2.05, 4.69) is 0 Å². The summed E-state index contributed by atoms with van der Waals surface area (Å²) in [4.78, 5) is 24.5. The van der Waals surface area contributed by atoms with Crippen LogP contribution in [0.25, 0.3) is 0 Å². The van der Waals surface area contributed by atoms with Gasteiger partial charge in [0.1, 0.15) is 0 Å². The van der Waals surface area contributed by atoms with E-state index in [0.717, 1.165) is 9.79 Å². The van der Waals surface area contributed by atoms with Crippen LogP contribution >= 0.6 is 23.5 Å². The van der Waals surface area contributed by atoms with Crippen molar-refractivity contribution in [3.8, 4) is 0 Å². The number of fused-ring (bicyclic) bond motifs is 2. The Kier molecular flexibility index (Phi) is 2.79. The van der Waals surface area contributed by atoms with Gasteiger partial charge in [-0.15, -0.1) is 23.5 Å². The van der Waals surface area contributed by atoms with Gasteiger partial charge < -0.3 is 10.2 Å². The highest BCUT2D eigenvalue weighted by atomic mass is 32.2. The van der Waals surface area contributed by atoms with Crippen molar-refractivity contribution in [1.29, 1.82) is 0 Å². The average Bonchev–Trinajstić information content (AvgIpc) is 2.30. The maximum Gasteiger partial charge on any atom is 0.308 e. The normalized spacial score (nSPS) is 32.9. The molecule has 1 aliphatic heterocycles. The lowest BCUT2D eigenvalue weighted by Crippen LogP contribution is -2.59. The first kappa shape index (κ1) is 11.9. The SMILES string of the molecule is O=C(O)[C@@H]1[C@H]2Sc3ccccc3S[C@H]2[C@@H]1C(=O)O. The van der Waals surface area contributed by atoms with E-state index in [9.17, 15) is 9.59 Å². The Morgan fingerprint density at radius 3 is 1.61 bits per heavy atom. The van der Waals surface area contributed by atoms with E-state index < -0.39 is 23.8 Å². The van der Waals surface area contributed by atoms with Crippen molar-refractivity contribution >= 4 is 35.5 Å². The number of rotatable bonds is 2. The number of benzene rings is 1. The van der Waals surface area contributed by atoms with Crippen LogP contribution in [0, 0.1) is 11.8 Å². The summed E-state index contributed by atoms with van der Waals surface area (Å²) in [7, 11) is 0. The number of carbonyl (C=O) groups is 2. The van der Waals surface area contributed by atoms with Gasteiger partial charge in [0.25, 0.3) is 0 Å². The number of thioether (sulfide) groups is 2. The van der Waals surface area contributed by atoms with Crippen LogP contribution in [0.15, 0.2) is 34.1 Å². The first-order chi connectivity index (χ1) is 8.59. The van der Waals surface area contributed by atoms with Crippen LogP contribution in [-0.2, 0) is 9.59 Å². The molecule has 1 aliphatic carbocycles. The van der Waals surface area contributed by atoms with Gasteiger partial charge >= 0.3 is 11.9 Å². The van der Waals surface area contributed by atoms with Crippen LogP contribution in [0.2, 0.25) is 0 Å². The van der Waals surface area contributed by atoms with Crippen LogP contribution in [0.3, 0.4) is 0 Å². The van der Waals surface area contributed by atoms with Crippen molar-refractivity contribution in [1.82, 2.24) is 0 Å². The molecule has 4 atom stereocenters. The molecule has 2 N–H and O–H groups in total. The van der Waals surface area contributed by atoms with Crippen molar-refractivity contribution in [3.63, 3.8) is 0 Å². The molecular weight excluding hydrogens is 272 g/mol. The molecule has 0 saturated heterocycles. The lowest BCUT2D eigenvalue weighted by Gasteiger charge is -2.49. The monoisotopic (exact) mass is 282 g/mol. The zero-order valence-electron chi connectivity index (χ0n) is 9.15. The minimum atomic E-state index is -1.00. The summed E-state index contributed by atoms with van der Waals surface area (Å²) in [5.41, 5.74) is 0. The summed E-state index contributed by atoms with van der Waals surface area (Å²) in [5.74, 6) is -3.57. The molecule has 3 rings (SSSR count). The zero-order chi connectivity index (χ0) is 12.9. The average molecular weight is 282 g/mol. The molecule has 1 aromatic rings. The number of carboxylic acid groups (broad SMARTS) is 2. The Hall–Kier alpha value is -1.14.